The summed E-state index contributed by atoms with van der Waals surface area (Å²) in [6.07, 6.45) is 14.4. The highest BCUT2D eigenvalue weighted by Crippen LogP contribution is 2.52. The summed E-state index contributed by atoms with van der Waals surface area (Å²) in [6, 6.07) is 10.3. The maximum absolute atomic E-state index is 14.0. The standard InChI is InChI=1S/C30H40F3N3/c1-35-30(33)25(27(34-35)29(31)32)14-8-6-4-2-3-5-7-11-19-36(23-17-18-23)28-24-13-10-9-12-22(24)20-26(28)21-15-16-21/h9-10,12-13,20-21,23,28-29H,2-8,11,14-19H2,1H3. The van der Waals surface area contributed by atoms with Gasteiger partial charge >= 0.3 is 0 Å². The quantitative estimate of drug-likeness (QED) is 0.230. The van der Waals surface area contributed by atoms with Gasteiger partial charge < -0.3 is 0 Å². The first-order valence-electron chi connectivity index (χ1n) is 14.1. The first kappa shape index (κ1) is 25.6. The van der Waals surface area contributed by atoms with Crippen LogP contribution in [0.15, 0.2) is 29.8 Å². The molecule has 2 saturated carbocycles. The van der Waals surface area contributed by atoms with Gasteiger partial charge in [0, 0.05) is 18.7 Å². The fourth-order valence-corrected chi connectivity index (χ4v) is 6.02. The molecule has 0 amide bonds. The van der Waals surface area contributed by atoms with Crippen LogP contribution >= 0.6 is 0 Å². The van der Waals surface area contributed by atoms with Crippen LogP contribution in [0.4, 0.5) is 13.2 Å². The molecule has 6 heteroatoms. The third kappa shape index (κ3) is 5.90. The van der Waals surface area contributed by atoms with Gasteiger partial charge in [0.1, 0.15) is 5.69 Å². The molecule has 1 unspecified atom stereocenters. The van der Waals surface area contributed by atoms with Crippen molar-refractivity contribution < 1.29 is 13.2 Å². The number of benzene rings is 1. The first-order chi connectivity index (χ1) is 17.5. The Hall–Kier alpha value is -2.08. The van der Waals surface area contributed by atoms with Gasteiger partial charge in [0.25, 0.3) is 6.43 Å². The van der Waals surface area contributed by atoms with Gasteiger partial charge in [0.05, 0.1) is 6.04 Å². The third-order valence-corrected chi connectivity index (χ3v) is 8.22. The van der Waals surface area contributed by atoms with Crippen LogP contribution in [-0.2, 0) is 13.5 Å². The van der Waals surface area contributed by atoms with E-state index in [0.717, 1.165) is 42.3 Å². The Bertz CT molecular complexity index is 1050. The average Bonchev–Trinajstić information content (AvgIpc) is 3.80. The number of unbranched alkanes of at least 4 members (excludes halogenated alkanes) is 7. The molecular weight excluding hydrogens is 459 g/mol. The maximum Gasteiger partial charge on any atom is 0.282 e. The first-order valence-corrected chi connectivity index (χ1v) is 14.1. The van der Waals surface area contributed by atoms with Gasteiger partial charge in [-0.2, -0.15) is 9.49 Å². The van der Waals surface area contributed by atoms with Crippen LogP contribution in [0, 0.1) is 11.9 Å². The molecule has 36 heavy (non-hydrogen) atoms. The summed E-state index contributed by atoms with van der Waals surface area (Å²) in [6.45, 7) is 1.19. The van der Waals surface area contributed by atoms with E-state index in [-0.39, 0.29) is 5.56 Å². The molecule has 0 N–H and O–H groups in total. The van der Waals surface area contributed by atoms with Gasteiger partial charge in [-0.1, -0.05) is 68.9 Å². The Morgan fingerprint density at radius 2 is 1.61 bits per heavy atom. The molecule has 1 heterocycles. The van der Waals surface area contributed by atoms with E-state index < -0.39 is 18.1 Å². The number of hydrogen-bond acceptors (Lipinski definition) is 2. The van der Waals surface area contributed by atoms with Crippen LogP contribution in [0.25, 0.3) is 6.08 Å². The molecule has 1 aromatic carbocycles. The lowest BCUT2D eigenvalue weighted by Crippen LogP contribution is -2.32. The predicted octanol–water partition coefficient (Wildman–Crippen LogP) is 8.17. The summed E-state index contributed by atoms with van der Waals surface area (Å²) < 4.78 is 41.1. The lowest BCUT2D eigenvalue weighted by atomic mass is 9.98. The van der Waals surface area contributed by atoms with Crippen molar-refractivity contribution in [1.29, 1.82) is 0 Å². The van der Waals surface area contributed by atoms with Crippen LogP contribution in [0.2, 0.25) is 0 Å². The van der Waals surface area contributed by atoms with Gasteiger partial charge in [0.15, 0.2) is 0 Å². The number of halogens is 3. The molecule has 0 aliphatic heterocycles. The minimum Gasteiger partial charge on any atom is -0.290 e. The smallest absolute Gasteiger partial charge is 0.282 e. The number of alkyl halides is 2. The Kier molecular flexibility index (Phi) is 8.19. The number of aryl methyl sites for hydroxylation is 1. The Balaban J connectivity index is 0.997. The second-order valence-electron chi connectivity index (χ2n) is 11.1. The summed E-state index contributed by atoms with van der Waals surface area (Å²) in [4.78, 5) is 2.82. The molecule has 0 spiro atoms. The van der Waals surface area contributed by atoms with E-state index in [1.165, 1.54) is 76.1 Å². The summed E-state index contributed by atoms with van der Waals surface area (Å²) in [7, 11) is 1.38. The fourth-order valence-electron chi connectivity index (χ4n) is 6.02. The second kappa shape index (κ2) is 11.5. The van der Waals surface area contributed by atoms with Gasteiger partial charge in [-0.15, -0.1) is 0 Å². The Morgan fingerprint density at radius 3 is 2.28 bits per heavy atom. The summed E-state index contributed by atoms with van der Waals surface area (Å²) in [5.74, 6) is 0.187. The van der Waals surface area contributed by atoms with Crippen LogP contribution in [0.3, 0.4) is 0 Å². The topological polar surface area (TPSA) is 21.1 Å². The van der Waals surface area contributed by atoms with E-state index in [2.05, 4.69) is 40.3 Å². The van der Waals surface area contributed by atoms with Gasteiger partial charge in [-0.05, 0) is 74.1 Å². The maximum atomic E-state index is 14.0. The molecule has 1 atom stereocenters. The van der Waals surface area contributed by atoms with Crippen molar-refractivity contribution in [3.05, 3.63) is 58.2 Å². The highest BCUT2D eigenvalue weighted by Gasteiger charge is 2.42. The third-order valence-electron chi connectivity index (χ3n) is 8.22. The highest BCUT2D eigenvalue weighted by molar-refractivity contribution is 5.67. The van der Waals surface area contributed by atoms with Crippen molar-refractivity contribution >= 4 is 6.08 Å². The van der Waals surface area contributed by atoms with Crippen molar-refractivity contribution in [1.82, 2.24) is 14.7 Å². The number of rotatable bonds is 15. The highest BCUT2D eigenvalue weighted by atomic mass is 19.3. The van der Waals surface area contributed by atoms with Gasteiger partial charge in [-0.3, -0.25) is 4.90 Å². The lowest BCUT2D eigenvalue weighted by molar-refractivity contribution is 0.144. The van der Waals surface area contributed by atoms with Crippen molar-refractivity contribution in [3.63, 3.8) is 0 Å². The second-order valence-corrected chi connectivity index (χ2v) is 11.1. The molecule has 0 saturated heterocycles. The molecular formula is C30H40F3N3. The normalized spacial score (nSPS) is 19.4. The molecule has 0 bridgehead atoms. The number of aromatic nitrogens is 2. The van der Waals surface area contributed by atoms with Crippen LogP contribution in [0.1, 0.15) is 112 Å². The Morgan fingerprint density at radius 1 is 0.944 bits per heavy atom. The largest absolute Gasteiger partial charge is 0.290 e. The summed E-state index contributed by atoms with van der Waals surface area (Å²) in [5.41, 5.74) is 4.34. The molecule has 1 aromatic heterocycles. The zero-order chi connectivity index (χ0) is 25.1. The fraction of sp³-hybridized carbons (Fsp3) is 0.633. The minimum absolute atomic E-state index is 0.0947. The predicted molar refractivity (Wildman–Crippen MR) is 138 cm³/mol. The van der Waals surface area contributed by atoms with E-state index in [0.29, 0.717) is 12.5 Å². The van der Waals surface area contributed by atoms with E-state index >= 15 is 0 Å². The zero-order valence-electron chi connectivity index (χ0n) is 21.6. The van der Waals surface area contributed by atoms with E-state index in [4.69, 9.17) is 0 Å². The molecule has 0 radical (unpaired) electrons. The van der Waals surface area contributed by atoms with Crippen molar-refractivity contribution in [3.8, 4) is 0 Å². The molecule has 3 nitrogen and oxygen atoms in total. The molecule has 2 fully saturated rings. The SMILES string of the molecule is Cn1nc(C(F)F)c(CCCCCCCCCCN(C2CC2)C2C(C3CC3)=Cc3ccccc32)c1F. The molecule has 5 rings (SSSR count). The van der Waals surface area contributed by atoms with Crippen LogP contribution < -0.4 is 0 Å². The van der Waals surface area contributed by atoms with Crippen molar-refractivity contribution in [2.24, 2.45) is 13.0 Å². The van der Waals surface area contributed by atoms with E-state index in [1.807, 2.05) is 0 Å². The monoisotopic (exact) mass is 499 g/mol. The van der Waals surface area contributed by atoms with Crippen LogP contribution in [-0.4, -0.2) is 27.3 Å². The summed E-state index contributed by atoms with van der Waals surface area (Å²) >= 11 is 0. The van der Waals surface area contributed by atoms with Crippen molar-refractivity contribution in [2.45, 2.75) is 102 Å². The molecule has 2 aromatic rings. The van der Waals surface area contributed by atoms with Gasteiger partial charge in [0.2, 0.25) is 5.95 Å². The number of fused-ring (bicyclic) bond motifs is 1. The van der Waals surface area contributed by atoms with E-state index in [1.54, 1.807) is 5.57 Å². The molecule has 3 aliphatic rings. The minimum atomic E-state index is -2.72. The van der Waals surface area contributed by atoms with Gasteiger partial charge in [-0.25, -0.2) is 13.5 Å². The van der Waals surface area contributed by atoms with E-state index in [9.17, 15) is 13.2 Å². The Labute approximate surface area is 213 Å². The van der Waals surface area contributed by atoms with Crippen LogP contribution in [0.5, 0.6) is 0 Å². The number of hydrogen-bond donors (Lipinski definition) is 0. The average molecular weight is 500 g/mol. The number of nitrogens with zero attached hydrogens (tertiary/aromatic N) is 3. The zero-order valence-corrected chi connectivity index (χ0v) is 21.6. The lowest BCUT2D eigenvalue weighted by Gasteiger charge is -2.32. The van der Waals surface area contributed by atoms with Crippen molar-refractivity contribution in [2.75, 3.05) is 6.54 Å². The summed E-state index contributed by atoms with van der Waals surface area (Å²) in [5, 5.41) is 3.63. The molecule has 3 aliphatic carbocycles. The molecule has 196 valence electrons.